The molecule has 13 aromatic rings. The summed E-state index contributed by atoms with van der Waals surface area (Å²) >= 11 is 0. The topological polar surface area (TPSA) is 90.7 Å². The Hall–Kier alpha value is -9.07. The fourth-order valence-electron chi connectivity index (χ4n) is 9.08. The number of hydrogen-bond donors (Lipinski definition) is 0. The summed E-state index contributed by atoms with van der Waals surface area (Å²) in [6.45, 7) is 0. The highest BCUT2D eigenvalue weighted by Gasteiger charge is 2.18. The van der Waals surface area contributed by atoms with Crippen LogP contribution in [0.25, 0.3) is 134 Å². The SMILES string of the molecule is c1ccc(-c2cc(-c3cccc(-c4cccc(-c5nc(-c6ccccc6)nc(-c6ccc7oc8ccc9ccccc9c8c7c6)n5)c4)c3)nc(-c3ccc4c(c3)oc3ccccc34)n2)cc1. The molecular formula is C59H35N5O2. The van der Waals surface area contributed by atoms with E-state index in [4.69, 9.17) is 33.8 Å². The zero-order valence-corrected chi connectivity index (χ0v) is 35.3. The van der Waals surface area contributed by atoms with E-state index in [-0.39, 0.29) is 0 Å². The molecule has 0 unspecified atom stereocenters. The van der Waals surface area contributed by atoms with E-state index >= 15 is 0 Å². The van der Waals surface area contributed by atoms with Crippen molar-refractivity contribution in [3.05, 3.63) is 212 Å². The lowest BCUT2D eigenvalue weighted by Crippen LogP contribution is -2.00. The second-order valence-corrected chi connectivity index (χ2v) is 16.4. The molecule has 0 bridgehead atoms. The zero-order chi connectivity index (χ0) is 43.6. The maximum absolute atomic E-state index is 6.34. The Kier molecular flexibility index (Phi) is 8.70. The van der Waals surface area contributed by atoms with Crippen molar-refractivity contribution >= 4 is 54.6 Å². The van der Waals surface area contributed by atoms with Crippen LogP contribution < -0.4 is 0 Å². The van der Waals surface area contributed by atoms with Gasteiger partial charge in [-0.2, -0.15) is 0 Å². The van der Waals surface area contributed by atoms with E-state index in [1.807, 2.05) is 91.0 Å². The fraction of sp³-hybridized carbons (Fsp3) is 0. The van der Waals surface area contributed by atoms with E-state index in [0.29, 0.717) is 23.3 Å². The molecule has 4 aromatic heterocycles. The molecule has 0 spiro atoms. The summed E-state index contributed by atoms with van der Waals surface area (Å²) in [5.41, 5.74) is 12.5. The molecule has 4 heterocycles. The molecule has 0 aliphatic rings. The van der Waals surface area contributed by atoms with Crippen LogP contribution in [0.1, 0.15) is 0 Å². The van der Waals surface area contributed by atoms with Gasteiger partial charge < -0.3 is 8.83 Å². The summed E-state index contributed by atoms with van der Waals surface area (Å²) in [5, 5.41) is 6.55. The summed E-state index contributed by atoms with van der Waals surface area (Å²) in [6.07, 6.45) is 0. The van der Waals surface area contributed by atoms with Crippen molar-refractivity contribution in [2.24, 2.45) is 0 Å². The number of nitrogens with zero attached hydrogens (tertiary/aromatic N) is 5. The molecule has 0 atom stereocenters. The second-order valence-electron chi connectivity index (χ2n) is 16.4. The first-order chi connectivity index (χ1) is 32.6. The van der Waals surface area contributed by atoms with E-state index in [0.717, 1.165) is 111 Å². The van der Waals surface area contributed by atoms with Crippen LogP contribution in [-0.2, 0) is 0 Å². The molecule has 0 saturated carbocycles. The van der Waals surface area contributed by atoms with Gasteiger partial charge >= 0.3 is 0 Å². The van der Waals surface area contributed by atoms with Gasteiger partial charge in [0.25, 0.3) is 0 Å². The summed E-state index contributed by atoms with van der Waals surface area (Å²) in [5.74, 6) is 2.37. The molecule has 0 aliphatic heterocycles. The van der Waals surface area contributed by atoms with E-state index in [1.165, 1.54) is 0 Å². The average Bonchev–Trinajstić information content (AvgIpc) is 3.97. The normalized spacial score (nSPS) is 11.6. The first kappa shape index (κ1) is 37.5. The average molecular weight is 846 g/mol. The largest absolute Gasteiger partial charge is 0.456 e. The van der Waals surface area contributed by atoms with Crippen LogP contribution in [0, 0.1) is 0 Å². The summed E-state index contributed by atoms with van der Waals surface area (Å²) in [6, 6.07) is 72.3. The molecule has 308 valence electrons. The molecule has 66 heavy (non-hydrogen) atoms. The minimum atomic E-state index is 0.578. The molecular weight excluding hydrogens is 811 g/mol. The van der Waals surface area contributed by atoms with Gasteiger partial charge in [-0.25, -0.2) is 24.9 Å². The Balaban J connectivity index is 0.906. The summed E-state index contributed by atoms with van der Waals surface area (Å²) in [7, 11) is 0. The molecule has 7 nitrogen and oxygen atoms in total. The van der Waals surface area contributed by atoms with Crippen molar-refractivity contribution in [1.29, 1.82) is 0 Å². The van der Waals surface area contributed by atoms with Crippen molar-refractivity contribution in [2.75, 3.05) is 0 Å². The Bertz CT molecular complexity index is 4010. The molecule has 0 N–H and O–H groups in total. The smallest absolute Gasteiger partial charge is 0.164 e. The lowest BCUT2D eigenvalue weighted by molar-refractivity contribution is 0.668. The standard InChI is InChI=1S/C59H35N5O2/c1-3-14-37(15-4-1)49-35-50(61-57(60-49)44-25-28-47-46-23-9-10-24-51(46)66-54(47)34-44)41-20-11-18-39(31-41)40-19-12-21-42(32-40)58-62-56(38-16-5-2-6-17-38)63-59(64-58)43-27-29-52-48(33-43)55-45-22-8-7-13-36(45)26-30-53(55)65-52/h1-35H. The van der Waals surface area contributed by atoms with Gasteiger partial charge in [0.2, 0.25) is 0 Å². The number of aromatic nitrogens is 5. The van der Waals surface area contributed by atoms with Crippen LogP contribution in [0.5, 0.6) is 0 Å². The molecule has 13 rings (SSSR count). The quantitative estimate of drug-likeness (QED) is 0.158. The van der Waals surface area contributed by atoms with Crippen LogP contribution in [-0.4, -0.2) is 24.9 Å². The van der Waals surface area contributed by atoms with Gasteiger partial charge in [-0.1, -0.05) is 152 Å². The van der Waals surface area contributed by atoms with E-state index in [2.05, 4.69) is 121 Å². The number of hydrogen-bond acceptors (Lipinski definition) is 7. The highest BCUT2D eigenvalue weighted by molar-refractivity contribution is 6.19. The maximum Gasteiger partial charge on any atom is 0.164 e. The van der Waals surface area contributed by atoms with Gasteiger partial charge in [0.15, 0.2) is 23.3 Å². The number of furan rings is 2. The van der Waals surface area contributed by atoms with Crippen molar-refractivity contribution < 1.29 is 8.83 Å². The summed E-state index contributed by atoms with van der Waals surface area (Å²) in [4.78, 5) is 25.6. The predicted octanol–water partition coefficient (Wildman–Crippen LogP) is 15.3. The van der Waals surface area contributed by atoms with Crippen LogP contribution in [0.15, 0.2) is 221 Å². The minimum Gasteiger partial charge on any atom is -0.456 e. The predicted molar refractivity (Wildman–Crippen MR) is 266 cm³/mol. The van der Waals surface area contributed by atoms with Crippen LogP contribution in [0.3, 0.4) is 0 Å². The van der Waals surface area contributed by atoms with E-state index in [9.17, 15) is 0 Å². The number of rotatable bonds is 7. The monoisotopic (exact) mass is 845 g/mol. The van der Waals surface area contributed by atoms with E-state index in [1.54, 1.807) is 0 Å². The molecule has 9 aromatic carbocycles. The summed E-state index contributed by atoms with van der Waals surface area (Å²) < 4.78 is 12.6. The first-order valence-corrected chi connectivity index (χ1v) is 21.9. The number of benzene rings is 9. The van der Waals surface area contributed by atoms with Crippen LogP contribution in [0.4, 0.5) is 0 Å². The lowest BCUT2D eigenvalue weighted by Gasteiger charge is -2.12. The van der Waals surface area contributed by atoms with Gasteiger partial charge in [-0.15, -0.1) is 0 Å². The Morgan fingerprint density at radius 2 is 0.742 bits per heavy atom. The molecule has 0 amide bonds. The van der Waals surface area contributed by atoms with Crippen molar-refractivity contribution in [3.63, 3.8) is 0 Å². The third kappa shape index (κ3) is 6.57. The zero-order valence-electron chi connectivity index (χ0n) is 35.3. The molecule has 7 heteroatoms. The molecule has 0 fully saturated rings. The van der Waals surface area contributed by atoms with Crippen molar-refractivity contribution in [1.82, 2.24) is 24.9 Å². The highest BCUT2D eigenvalue weighted by Crippen LogP contribution is 2.38. The van der Waals surface area contributed by atoms with Gasteiger partial charge in [-0.05, 0) is 82.6 Å². The Labute approximate surface area is 378 Å². The van der Waals surface area contributed by atoms with Crippen molar-refractivity contribution in [2.45, 2.75) is 0 Å². The van der Waals surface area contributed by atoms with Crippen molar-refractivity contribution in [3.8, 4) is 79.2 Å². The Morgan fingerprint density at radius 1 is 0.242 bits per heavy atom. The maximum atomic E-state index is 6.34. The lowest BCUT2D eigenvalue weighted by atomic mass is 9.99. The molecule has 0 saturated heterocycles. The van der Waals surface area contributed by atoms with Gasteiger partial charge in [0, 0.05) is 54.9 Å². The highest BCUT2D eigenvalue weighted by atomic mass is 16.3. The minimum absolute atomic E-state index is 0.578. The Morgan fingerprint density at radius 3 is 1.53 bits per heavy atom. The van der Waals surface area contributed by atoms with Gasteiger partial charge in [0.05, 0.1) is 11.4 Å². The third-order valence-corrected chi connectivity index (χ3v) is 12.3. The third-order valence-electron chi connectivity index (χ3n) is 12.3. The number of fused-ring (bicyclic) bond motifs is 8. The van der Waals surface area contributed by atoms with Crippen LogP contribution >= 0.6 is 0 Å². The fourth-order valence-corrected chi connectivity index (χ4v) is 9.08. The first-order valence-electron chi connectivity index (χ1n) is 21.9. The second kappa shape index (κ2) is 15.3. The van der Waals surface area contributed by atoms with E-state index < -0.39 is 0 Å². The molecule has 0 aliphatic carbocycles. The molecule has 0 radical (unpaired) electrons. The van der Waals surface area contributed by atoms with Gasteiger partial charge in [-0.3, -0.25) is 0 Å². The number of para-hydroxylation sites is 1. The van der Waals surface area contributed by atoms with Crippen LogP contribution in [0.2, 0.25) is 0 Å². The van der Waals surface area contributed by atoms with Gasteiger partial charge in [0.1, 0.15) is 22.3 Å².